The maximum Gasteiger partial charge on any atom is 0.373 e. The van der Waals surface area contributed by atoms with Crippen LogP contribution in [0.4, 0.5) is 0 Å². The number of phenols is 1. The zero-order chi connectivity index (χ0) is 28.7. The van der Waals surface area contributed by atoms with Crippen LogP contribution in [-0.4, -0.2) is 87.6 Å². The molecule has 3 rings (SSSR count). The molecule has 1 aromatic rings. The van der Waals surface area contributed by atoms with Gasteiger partial charge in [0.05, 0.1) is 7.11 Å². The van der Waals surface area contributed by atoms with E-state index >= 15 is 0 Å². The second kappa shape index (κ2) is 12.7. The third kappa shape index (κ3) is 6.52. The lowest BCUT2D eigenvalue weighted by Crippen LogP contribution is -2.80. The minimum atomic E-state index is -1.78. The lowest BCUT2D eigenvalue weighted by atomic mass is 9.97. The Kier molecular flexibility index (Phi) is 9.59. The van der Waals surface area contributed by atoms with Gasteiger partial charge in [-0.15, -0.1) is 11.8 Å². The van der Waals surface area contributed by atoms with Crippen LogP contribution < -0.4 is 5.32 Å². The number of thioether (sulfide) groups is 1. The van der Waals surface area contributed by atoms with Crippen LogP contribution in [0.15, 0.2) is 41.3 Å². The number of β-lactam (4-membered cyclic amide) rings is 1. The number of phenolic OH excluding ortho intramolecular Hbond substituents is 1. The third-order valence-electron chi connectivity index (χ3n) is 5.99. The Bertz CT molecular complexity index is 1210. The molecule has 0 aromatic heterocycles. The topological polar surface area (TPSA) is 189 Å². The van der Waals surface area contributed by atoms with Gasteiger partial charge in [-0.1, -0.05) is 12.1 Å². The van der Waals surface area contributed by atoms with Crippen molar-refractivity contribution in [2.45, 2.75) is 36.8 Å². The van der Waals surface area contributed by atoms with E-state index in [0.29, 0.717) is 5.56 Å². The molecule has 1 fully saturated rings. The van der Waals surface area contributed by atoms with Gasteiger partial charge in [0.25, 0.3) is 11.6 Å². The number of carbonyl (C=O) groups excluding carboxylic acids is 3. The molecular formula is C25H28N2O11S. The van der Waals surface area contributed by atoms with E-state index in [-0.39, 0.29) is 54.2 Å². The zero-order valence-electron chi connectivity index (χ0n) is 21.2. The number of hydrogen-bond acceptors (Lipinski definition) is 10. The highest BCUT2D eigenvalue weighted by Crippen LogP contribution is 2.46. The summed E-state index contributed by atoms with van der Waals surface area (Å²) in [6.07, 6.45) is 1.83. The van der Waals surface area contributed by atoms with E-state index in [1.54, 1.807) is 12.1 Å². The average Bonchev–Trinajstić information content (AvgIpc) is 2.91. The van der Waals surface area contributed by atoms with E-state index in [9.17, 15) is 34.2 Å². The number of aliphatic carboxylic acids is 2. The number of unbranched alkanes of at least 4 members (excludes halogenated alkanes) is 1. The average molecular weight is 565 g/mol. The first-order valence-corrected chi connectivity index (χ1v) is 12.8. The summed E-state index contributed by atoms with van der Waals surface area (Å²) in [7, 11) is 2.48. The smallest absolute Gasteiger partial charge is 0.373 e. The van der Waals surface area contributed by atoms with Crippen LogP contribution in [0.5, 0.6) is 5.75 Å². The number of aromatic hydroxyl groups is 1. The molecule has 2 heterocycles. The molecule has 1 aromatic carbocycles. The van der Waals surface area contributed by atoms with Crippen molar-refractivity contribution in [3.05, 3.63) is 46.9 Å². The minimum Gasteiger partial charge on any atom is -0.508 e. The van der Waals surface area contributed by atoms with Crippen molar-refractivity contribution in [3.63, 3.8) is 0 Å². The van der Waals surface area contributed by atoms with Gasteiger partial charge >= 0.3 is 17.9 Å². The summed E-state index contributed by atoms with van der Waals surface area (Å²) in [5, 5.41) is 29.6. The van der Waals surface area contributed by atoms with Gasteiger partial charge in [-0.2, -0.15) is 0 Å². The molecule has 39 heavy (non-hydrogen) atoms. The highest BCUT2D eigenvalue weighted by Gasteiger charge is 2.66. The molecule has 2 aliphatic heterocycles. The van der Waals surface area contributed by atoms with Crippen molar-refractivity contribution in [1.82, 2.24) is 10.2 Å². The fourth-order valence-electron chi connectivity index (χ4n) is 4.03. The number of carboxylic acids is 2. The number of carbonyl (C=O) groups is 5. The fourth-order valence-corrected chi connectivity index (χ4v) is 5.45. The number of esters is 1. The molecule has 14 heteroatoms. The van der Waals surface area contributed by atoms with Gasteiger partial charge in [0.15, 0.2) is 0 Å². The number of hydrogen-bond donors (Lipinski definition) is 4. The molecule has 0 spiro atoms. The first-order chi connectivity index (χ1) is 18.5. The molecule has 0 bridgehead atoms. The summed E-state index contributed by atoms with van der Waals surface area (Å²) in [6, 6.07) is 5.96. The van der Waals surface area contributed by atoms with Crippen molar-refractivity contribution >= 4 is 47.6 Å². The second-order valence-electron chi connectivity index (χ2n) is 8.57. The number of carboxylic acid groups (broad SMARTS) is 2. The van der Waals surface area contributed by atoms with Crippen molar-refractivity contribution in [3.8, 4) is 5.75 Å². The lowest BCUT2D eigenvalue weighted by Gasteiger charge is -2.55. The van der Waals surface area contributed by atoms with Crippen molar-refractivity contribution in [2.75, 3.05) is 26.6 Å². The second-order valence-corrected chi connectivity index (χ2v) is 9.63. The van der Waals surface area contributed by atoms with Gasteiger partial charge in [0.1, 0.15) is 23.4 Å². The van der Waals surface area contributed by atoms with Crippen molar-refractivity contribution in [1.29, 1.82) is 0 Å². The van der Waals surface area contributed by atoms with Gasteiger partial charge in [-0.3, -0.25) is 19.3 Å². The highest BCUT2D eigenvalue weighted by molar-refractivity contribution is 8.00. The van der Waals surface area contributed by atoms with E-state index < -0.39 is 47.4 Å². The van der Waals surface area contributed by atoms with Crippen LogP contribution in [0.1, 0.15) is 31.2 Å². The SMILES string of the molecule is COC(=Cc1ccc(O)cc1)C(=O)OCC1=C(C(=O)O)N2C(=O)C(NC(=O)CCCCC(=O)O)(OC)[C@@H]2SC1. The molecule has 0 aliphatic carbocycles. The number of fused-ring (bicyclic) bond motifs is 1. The lowest BCUT2D eigenvalue weighted by molar-refractivity contribution is -0.192. The summed E-state index contributed by atoms with van der Waals surface area (Å²) >= 11 is 1.13. The van der Waals surface area contributed by atoms with Crippen LogP contribution >= 0.6 is 11.8 Å². The van der Waals surface area contributed by atoms with Crippen LogP contribution in [0.3, 0.4) is 0 Å². The van der Waals surface area contributed by atoms with Crippen LogP contribution in [-0.2, 0) is 38.2 Å². The minimum absolute atomic E-state index is 0.0363. The Morgan fingerprint density at radius 3 is 2.38 bits per heavy atom. The summed E-state index contributed by atoms with van der Waals surface area (Å²) < 4.78 is 15.7. The van der Waals surface area contributed by atoms with Crippen molar-refractivity contribution in [2.24, 2.45) is 0 Å². The number of nitrogens with zero attached hydrogens (tertiary/aromatic N) is 1. The Morgan fingerprint density at radius 2 is 1.79 bits per heavy atom. The zero-order valence-corrected chi connectivity index (χ0v) is 22.0. The number of amides is 2. The van der Waals surface area contributed by atoms with Gasteiger partial charge in [0.2, 0.25) is 11.7 Å². The molecule has 210 valence electrons. The molecular weight excluding hydrogens is 536 g/mol. The molecule has 1 unspecified atom stereocenters. The summed E-state index contributed by atoms with van der Waals surface area (Å²) in [6.45, 7) is -0.434. The number of nitrogens with one attached hydrogen (secondary N) is 1. The van der Waals surface area contributed by atoms with Gasteiger partial charge in [-0.25, -0.2) is 9.59 Å². The monoisotopic (exact) mass is 564 g/mol. The van der Waals surface area contributed by atoms with Crippen LogP contribution in [0.25, 0.3) is 6.08 Å². The van der Waals surface area contributed by atoms with E-state index in [4.69, 9.17) is 19.3 Å². The maximum absolute atomic E-state index is 13.1. The number of ether oxygens (including phenoxy) is 3. The normalized spacial score (nSPS) is 20.6. The molecule has 0 saturated carbocycles. The standard InChI is InChI=1S/C25H28N2O11S/c1-36-17(11-14-7-9-16(28)10-8-14)22(34)38-12-15-13-39-24-25(37-2,23(35)27(24)20(15)21(32)33)26-18(29)5-3-4-6-19(30)31/h7-11,24,28H,3-6,12-13H2,1-2H3,(H,26,29)(H,30,31)(H,32,33)/t24-,25?/m0/s1. The van der Waals surface area contributed by atoms with Crippen molar-refractivity contribution < 1.29 is 53.5 Å². The predicted molar refractivity (Wildman–Crippen MR) is 136 cm³/mol. The Labute approximate surface area is 227 Å². The predicted octanol–water partition coefficient (Wildman–Crippen LogP) is 1.28. The Balaban J connectivity index is 1.70. The molecule has 2 atom stereocenters. The third-order valence-corrected chi connectivity index (χ3v) is 7.37. The van der Waals surface area contributed by atoms with Gasteiger partial charge < -0.3 is 34.8 Å². The van der Waals surface area contributed by atoms with E-state index in [2.05, 4.69) is 5.32 Å². The molecule has 0 radical (unpaired) electrons. The summed E-state index contributed by atoms with van der Waals surface area (Å²) in [4.78, 5) is 61.9. The Hall–Kier alpha value is -4.04. The van der Waals surface area contributed by atoms with Crippen LogP contribution in [0, 0.1) is 0 Å². The van der Waals surface area contributed by atoms with E-state index in [1.807, 2.05) is 0 Å². The van der Waals surface area contributed by atoms with E-state index in [0.717, 1.165) is 16.7 Å². The number of benzene rings is 1. The quantitative estimate of drug-likeness (QED) is 0.0672. The fraction of sp³-hybridized carbons (Fsp3) is 0.400. The van der Waals surface area contributed by atoms with Crippen LogP contribution in [0.2, 0.25) is 0 Å². The molecule has 2 aliphatic rings. The first-order valence-electron chi connectivity index (χ1n) is 11.7. The summed E-state index contributed by atoms with van der Waals surface area (Å²) in [5.74, 6) is -4.66. The molecule has 2 amide bonds. The van der Waals surface area contributed by atoms with Gasteiger partial charge in [0, 0.05) is 31.3 Å². The Morgan fingerprint density at radius 1 is 1.13 bits per heavy atom. The highest BCUT2D eigenvalue weighted by atomic mass is 32.2. The molecule has 4 N–H and O–H groups in total. The largest absolute Gasteiger partial charge is 0.508 e. The maximum atomic E-state index is 13.1. The van der Waals surface area contributed by atoms with E-state index in [1.165, 1.54) is 32.4 Å². The number of methoxy groups -OCH3 is 2. The number of rotatable bonds is 13. The first kappa shape index (κ1) is 29.5. The van der Waals surface area contributed by atoms with Gasteiger partial charge in [-0.05, 0) is 36.6 Å². The molecule has 13 nitrogen and oxygen atoms in total. The molecule has 1 saturated heterocycles. The summed E-state index contributed by atoms with van der Waals surface area (Å²) in [5.41, 5.74) is -1.45.